The van der Waals surface area contributed by atoms with Gasteiger partial charge < -0.3 is 19.9 Å². The third kappa shape index (κ3) is 4.95. The van der Waals surface area contributed by atoms with Crippen LogP contribution in [0, 0.1) is 0 Å². The Labute approximate surface area is 190 Å². The van der Waals surface area contributed by atoms with Crippen molar-refractivity contribution >= 4 is 39.4 Å². The Kier molecular flexibility index (Phi) is 6.50. The molecule has 1 atom stereocenters. The molecule has 166 valence electrons. The lowest BCUT2D eigenvalue weighted by molar-refractivity contribution is -0.143. The number of aliphatic carboxylic acids is 1. The van der Waals surface area contributed by atoms with Crippen LogP contribution < -0.4 is 15.0 Å². The van der Waals surface area contributed by atoms with Crippen LogP contribution in [0.2, 0.25) is 0 Å². The Bertz CT molecular complexity index is 971. The summed E-state index contributed by atoms with van der Waals surface area (Å²) in [6.07, 6.45) is -0.317. The van der Waals surface area contributed by atoms with E-state index in [1.807, 2.05) is 24.3 Å². The normalized spacial score (nSPS) is 17.8. The van der Waals surface area contributed by atoms with E-state index in [2.05, 4.69) is 21.2 Å². The molecule has 7 nitrogen and oxygen atoms in total. The molecule has 0 bridgehead atoms. The predicted octanol–water partition coefficient (Wildman–Crippen LogP) is 5.08. The molecule has 2 N–H and O–H groups in total. The second-order valence-corrected chi connectivity index (χ2v) is 9.42. The van der Waals surface area contributed by atoms with Crippen LogP contribution in [0.3, 0.4) is 0 Å². The van der Waals surface area contributed by atoms with Crippen LogP contribution in [0.4, 0.5) is 16.2 Å². The van der Waals surface area contributed by atoms with Crippen LogP contribution in [0.25, 0.3) is 0 Å². The average molecular weight is 491 g/mol. The van der Waals surface area contributed by atoms with Crippen LogP contribution in [0.5, 0.6) is 5.75 Å². The molecule has 0 aliphatic carbocycles. The number of amides is 1. The Balaban J connectivity index is 1.94. The van der Waals surface area contributed by atoms with E-state index in [9.17, 15) is 14.7 Å². The third-order valence-corrected chi connectivity index (χ3v) is 5.66. The van der Waals surface area contributed by atoms with E-state index >= 15 is 0 Å². The smallest absolute Gasteiger partial charge is 0.415 e. The van der Waals surface area contributed by atoms with Crippen molar-refractivity contribution < 1.29 is 24.2 Å². The third-order valence-electron chi connectivity index (χ3n) is 5.13. The molecule has 1 aliphatic rings. The summed E-state index contributed by atoms with van der Waals surface area (Å²) in [4.78, 5) is 27.1. The van der Waals surface area contributed by atoms with E-state index in [4.69, 9.17) is 9.47 Å². The molecule has 0 fully saturated rings. The number of halogens is 1. The molecule has 3 rings (SSSR count). The second-order valence-electron chi connectivity index (χ2n) is 8.51. The molecule has 2 aromatic carbocycles. The summed E-state index contributed by atoms with van der Waals surface area (Å²) in [7, 11) is 1.53. The summed E-state index contributed by atoms with van der Waals surface area (Å²) in [5.41, 5.74) is -0.111. The molecule has 1 aliphatic heterocycles. The Hall–Kier alpha value is -2.74. The standard InChI is InChI=1S/C23H27BrN2O5/c1-22(2,3)31-21(29)26-19-13-18(30-4)10-5-15(19)14-23(26,20(27)28)11-12-25-17-8-6-16(24)7-9-17/h5-10,13,25H,11-12,14H2,1-4H3,(H,27,28). The van der Waals surface area contributed by atoms with Crippen molar-refractivity contribution in [2.75, 3.05) is 23.9 Å². The minimum absolute atomic E-state index is 0.183. The number of hydrogen-bond donors (Lipinski definition) is 2. The van der Waals surface area contributed by atoms with Gasteiger partial charge in [-0.2, -0.15) is 0 Å². The first-order chi connectivity index (χ1) is 14.6. The molecule has 1 heterocycles. The molecule has 0 saturated carbocycles. The first-order valence-corrected chi connectivity index (χ1v) is 10.8. The van der Waals surface area contributed by atoms with Gasteiger partial charge in [-0.25, -0.2) is 9.59 Å². The molecule has 1 unspecified atom stereocenters. The highest BCUT2D eigenvalue weighted by molar-refractivity contribution is 9.10. The number of methoxy groups -OCH3 is 1. The van der Waals surface area contributed by atoms with Crippen molar-refractivity contribution in [3.63, 3.8) is 0 Å². The van der Waals surface area contributed by atoms with Crippen molar-refractivity contribution in [3.05, 3.63) is 52.5 Å². The van der Waals surface area contributed by atoms with E-state index in [0.717, 1.165) is 15.7 Å². The molecular formula is C23H27BrN2O5. The van der Waals surface area contributed by atoms with Crippen molar-refractivity contribution in [2.45, 2.75) is 44.8 Å². The van der Waals surface area contributed by atoms with Gasteiger partial charge >= 0.3 is 12.1 Å². The van der Waals surface area contributed by atoms with Gasteiger partial charge in [0, 0.05) is 29.2 Å². The van der Waals surface area contributed by atoms with Gasteiger partial charge in [0.15, 0.2) is 5.54 Å². The molecule has 31 heavy (non-hydrogen) atoms. The first-order valence-electron chi connectivity index (χ1n) is 9.99. The molecule has 0 saturated heterocycles. The fourth-order valence-corrected chi connectivity index (χ4v) is 3.96. The van der Waals surface area contributed by atoms with Crippen LogP contribution in [0.15, 0.2) is 46.9 Å². The van der Waals surface area contributed by atoms with Gasteiger partial charge in [-0.15, -0.1) is 0 Å². The number of benzene rings is 2. The van der Waals surface area contributed by atoms with Crippen LogP contribution >= 0.6 is 15.9 Å². The Morgan fingerprint density at radius 1 is 1.19 bits per heavy atom. The maximum absolute atomic E-state index is 13.2. The fraction of sp³-hybridized carbons (Fsp3) is 0.391. The predicted molar refractivity (Wildman–Crippen MR) is 123 cm³/mol. The van der Waals surface area contributed by atoms with E-state index in [-0.39, 0.29) is 12.8 Å². The molecule has 0 aromatic heterocycles. The van der Waals surface area contributed by atoms with Crippen LogP contribution in [-0.4, -0.2) is 42.0 Å². The molecule has 1 amide bonds. The number of anilines is 2. The Morgan fingerprint density at radius 2 is 1.87 bits per heavy atom. The highest BCUT2D eigenvalue weighted by Crippen LogP contribution is 2.43. The quantitative estimate of drug-likeness (QED) is 0.586. The van der Waals surface area contributed by atoms with Crippen LogP contribution in [-0.2, 0) is 16.0 Å². The largest absolute Gasteiger partial charge is 0.497 e. The Morgan fingerprint density at radius 3 is 2.45 bits per heavy atom. The lowest BCUT2D eigenvalue weighted by Crippen LogP contribution is -2.57. The second kappa shape index (κ2) is 8.78. The molecule has 0 radical (unpaired) electrons. The number of carboxylic acid groups (broad SMARTS) is 1. The maximum atomic E-state index is 13.2. The van der Waals surface area contributed by atoms with E-state index < -0.39 is 23.2 Å². The molecule has 0 spiro atoms. The van der Waals surface area contributed by atoms with Gasteiger partial charge in [-0.05, 0) is 63.1 Å². The first kappa shape index (κ1) is 22.9. The van der Waals surface area contributed by atoms with Gasteiger partial charge in [0.2, 0.25) is 0 Å². The number of hydrogen-bond acceptors (Lipinski definition) is 5. The number of carbonyl (C=O) groups excluding carboxylic acids is 1. The SMILES string of the molecule is COc1ccc2c(c1)N(C(=O)OC(C)(C)C)C(CCNc1ccc(Br)cc1)(C(=O)O)C2. The molecule has 2 aromatic rings. The highest BCUT2D eigenvalue weighted by atomic mass is 79.9. The zero-order chi connectivity index (χ0) is 22.8. The van der Waals surface area contributed by atoms with E-state index in [1.165, 1.54) is 12.0 Å². The lowest BCUT2D eigenvalue weighted by atomic mass is 9.90. The summed E-state index contributed by atoms with van der Waals surface area (Å²) >= 11 is 3.40. The topological polar surface area (TPSA) is 88.1 Å². The number of carboxylic acids is 1. The highest BCUT2D eigenvalue weighted by Gasteiger charge is 2.54. The molecule has 8 heteroatoms. The fourth-order valence-electron chi connectivity index (χ4n) is 3.69. The monoisotopic (exact) mass is 490 g/mol. The number of nitrogens with one attached hydrogen (secondary N) is 1. The minimum Gasteiger partial charge on any atom is -0.497 e. The number of ether oxygens (including phenoxy) is 2. The lowest BCUT2D eigenvalue weighted by Gasteiger charge is -2.36. The van der Waals surface area contributed by atoms with Crippen molar-refractivity contribution in [1.82, 2.24) is 0 Å². The van der Waals surface area contributed by atoms with Gasteiger partial charge in [-0.3, -0.25) is 4.90 Å². The summed E-state index contributed by atoms with van der Waals surface area (Å²) in [5.74, 6) is -0.535. The zero-order valence-corrected chi connectivity index (χ0v) is 19.7. The van der Waals surface area contributed by atoms with Crippen molar-refractivity contribution in [2.24, 2.45) is 0 Å². The number of rotatable bonds is 6. The van der Waals surface area contributed by atoms with E-state index in [1.54, 1.807) is 39.0 Å². The van der Waals surface area contributed by atoms with Gasteiger partial charge in [0.25, 0.3) is 0 Å². The minimum atomic E-state index is -1.47. The van der Waals surface area contributed by atoms with Gasteiger partial charge in [0.1, 0.15) is 11.4 Å². The summed E-state index contributed by atoms with van der Waals surface area (Å²) in [6, 6.07) is 12.9. The van der Waals surface area contributed by atoms with Crippen LogP contribution in [0.1, 0.15) is 32.8 Å². The van der Waals surface area contributed by atoms with Crippen molar-refractivity contribution in [1.29, 1.82) is 0 Å². The zero-order valence-electron chi connectivity index (χ0n) is 18.1. The number of carbonyl (C=O) groups is 2. The number of fused-ring (bicyclic) bond motifs is 1. The van der Waals surface area contributed by atoms with E-state index in [0.29, 0.717) is 18.0 Å². The summed E-state index contributed by atoms with van der Waals surface area (Å²) < 4.78 is 11.9. The maximum Gasteiger partial charge on any atom is 0.415 e. The molecular weight excluding hydrogens is 464 g/mol. The van der Waals surface area contributed by atoms with Crippen molar-refractivity contribution in [3.8, 4) is 5.75 Å². The number of nitrogens with zero attached hydrogens (tertiary/aromatic N) is 1. The van der Waals surface area contributed by atoms with Gasteiger partial charge in [-0.1, -0.05) is 22.0 Å². The average Bonchev–Trinajstić information content (AvgIpc) is 3.02. The summed E-state index contributed by atoms with van der Waals surface area (Å²) in [6.45, 7) is 5.62. The summed E-state index contributed by atoms with van der Waals surface area (Å²) in [5, 5.41) is 13.5. The van der Waals surface area contributed by atoms with Gasteiger partial charge in [0.05, 0.1) is 12.8 Å².